The molecular formula is C16H11ClF2N2O2S. The fourth-order valence-corrected chi connectivity index (χ4v) is 4.08. The molecule has 0 saturated heterocycles. The molecule has 124 valence electrons. The van der Waals surface area contributed by atoms with Gasteiger partial charge in [0.05, 0.1) is 16.5 Å². The Bertz CT molecular complexity index is 886. The van der Waals surface area contributed by atoms with E-state index < -0.39 is 12.5 Å². The summed E-state index contributed by atoms with van der Waals surface area (Å²) in [6.45, 7) is -2.98. The molecule has 1 heterocycles. The van der Waals surface area contributed by atoms with Gasteiger partial charge in [-0.1, -0.05) is 17.7 Å². The smallest absolute Gasteiger partial charge is 0.387 e. The Morgan fingerprint density at radius 1 is 1.42 bits per heavy atom. The van der Waals surface area contributed by atoms with Crippen molar-refractivity contribution in [2.45, 2.75) is 25.9 Å². The number of nitriles is 1. The lowest BCUT2D eigenvalue weighted by atomic mass is 10.2. The number of hydrogen-bond acceptors (Lipinski definition) is 4. The largest absolute Gasteiger partial charge is 0.434 e. The number of carbonyl (C=O) groups excluding carboxylic acids is 1. The summed E-state index contributed by atoms with van der Waals surface area (Å²) in [5.74, 6) is -0.519. The highest BCUT2D eigenvalue weighted by atomic mass is 35.5. The Balaban J connectivity index is 1.97. The lowest BCUT2D eigenvalue weighted by Gasteiger charge is -2.06. The van der Waals surface area contributed by atoms with Gasteiger partial charge in [-0.2, -0.15) is 14.0 Å². The van der Waals surface area contributed by atoms with Crippen LogP contribution >= 0.6 is 22.9 Å². The molecular weight excluding hydrogens is 358 g/mol. The molecule has 0 fully saturated rings. The molecule has 0 saturated carbocycles. The third-order valence-electron chi connectivity index (χ3n) is 3.66. The second kappa shape index (κ2) is 6.75. The number of nitrogens with one attached hydrogen (secondary N) is 1. The van der Waals surface area contributed by atoms with Crippen molar-refractivity contribution in [3.63, 3.8) is 0 Å². The van der Waals surface area contributed by atoms with Gasteiger partial charge >= 0.3 is 6.61 Å². The average molecular weight is 369 g/mol. The zero-order valence-corrected chi connectivity index (χ0v) is 13.8. The van der Waals surface area contributed by atoms with Gasteiger partial charge in [-0.15, -0.1) is 11.3 Å². The van der Waals surface area contributed by atoms with Crippen LogP contribution in [0.5, 0.6) is 5.75 Å². The van der Waals surface area contributed by atoms with E-state index in [1.54, 1.807) is 12.1 Å². The van der Waals surface area contributed by atoms with Crippen LogP contribution in [0.1, 0.15) is 28.9 Å². The Morgan fingerprint density at radius 2 is 2.21 bits per heavy atom. The molecule has 1 aromatic carbocycles. The van der Waals surface area contributed by atoms with E-state index in [1.165, 1.54) is 6.07 Å². The van der Waals surface area contributed by atoms with Crippen molar-refractivity contribution in [3.8, 4) is 11.8 Å². The number of fused-ring (bicyclic) bond motifs is 1. The molecule has 24 heavy (non-hydrogen) atoms. The quantitative estimate of drug-likeness (QED) is 0.839. The summed E-state index contributed by atoms with van der Waals surface area (Å²) < 4.78 is 30.1. The molecule has 4 nitrogen and oxygen atoms in total. The molecule has 8 heteroatoms. The molecule has 0 atom stereocenters. The predicted octanol–water partition coefficient (Wildman–Crippen LogP) is 4.85. The van der Waals surface area contributed by atoms with Gasteiger partial charge in [-0.3, -0.25) is 4.79 Å². The van der Waals surface area contributed by atoms with Crippen LogP contribution in [0.2, 0.25) is 5.02 Å². The van der Waals surface area contributed by atoms with Crippen molar-refractivity contribution >= 4 is 38.9 Å². The number of amides is 1. The number of alkyl halides is 2. The molecule has 1 aromatic heterocycles. The Labute approximate surface area is 145 Å². The lowest BCUT2D eigenvalue weighted by Crippen LogP contribution is -2.22. The number of benzene rings is 1. The first kappa shape index (κ1) is 16.7. The van der Waals surface area contributed by atoms with E-state index in [0.717, 1.165) is 17.8 Å². The van der Waals surface area contributed by atoms with Crippen molar-refractivity contribution in [1.82, 2.24) is 5.32 Å². The standard InChI is InChI=1S/C16H11ClF2N2O2S/c17-13-12-10(23-16(18)19)5-2-6-11(12)24-14(13)15(22)21-9-4-1-3-8(9)7-20/h2,5-6,16H,1,3-4H2,(H,21,22). The van der Waals surface area contributed by atoms with E-state index in [4.69, 9.17) is 16.9 Å². The summed E-state index contributed by atoms with van der Waals surface area (Å²) in [7, 11) is 0. The second-order valence-corrected chi connectivity index (χ2v) is 6.56. The molecule has 0 spiro atoms. The summed E-state index contributed by atoms with van der Waals surface area (Å²) in [4.78, 5) is 12.7. The maximum absolute atomic E-state index is 12.5. The molecule has 1 N–H and O–H groups in total. The number of halogens is 3. The van der Waals surface area contributed by atoms with E-state index in [-0.39, 0.29) is 21.0 Å². The first-order chi connectivity index (χ1) is 11.5. The number of hydrogen-bond donors (Lipinski definition) is 1. The maximum atomic E-state index is 12.5. The van der Waals surface area contributed by atoms with Crippen LogP contribution < -0.4 is 10.1 Å². The van der Waals surface area contributed by atoms with Crippen LogP contribution in [-0.2, 0) is 0 Å². The Hall–Kier alpha value is -2.17. The van der Waals surface area contributed by atoms with Gasteiger partial charge in [0, 0.05) is 16.0 Å². The monoisotopic (exact) mass is 368 g/mol. The summed E-state index contributed by atoms with van der Waals surface area (Å²) >= 11 is 7.33. The molecule has 0 aliphatic heterocycles. The zero-order chi connectivity index (χ0) is 17.3. The zero-order valence-electron chi connectivity index (χ0n) is 12.2. The fourth-order valence-electron chi connectivity index (χ4n) is 2.62. The molecule has 3 rings (SSSR count). The highest BCUT2D eigenvalue weighted by Crippen LogP contribution is 2.41. The van der Waals surface area contributed by atoms with Crippen molar-refractivity contribution in [2.75, 3.05) is 0 Å². The summed E-state index contributed by atoms with van der Waals surface area (Å²) in [6.07, 6.45) is 2.07. The molecule has 0 unspecified atom stereocenters. The van der Waals surface area contributed by atoms with Gasteiger partial charge in [0.2, 0.25) is 0 Å². The second-order valence-electron chi connectivity index (χ2n) is 5.13. The van der Waals surface area contributed by atoms with Crippen LogP contribution in [0, 0.1) is 11.3 Å². The number of thiophene rings is 1. The van der Waals surface area contributed by atoms with E-state index in [9.17, 15) is 13.6 Å². The number of ether oxygens (including phenoxy) is 1. The first-order valence-corrected chi connectivity index (χ1v) is 8.30. The van der Waals surface area contributed by atoms with Gasteiger partial charge in [0.25, 0.3) is 5.91 Å². The van der Waals surface area contributed by atoms with Gasteiger partial charge < -0.3 is 10.1 Å². The van der Waals surface area contributed by atoms with Crippen LogP contribution in [0.4, 0.5) is 8.78 Å². The van der Waals surface area contributed by atoms with Gasteiger partial charge in [0.1, 0.15) is 10.6 Å². The van der Waals surface area contributed by atoms with Crippen molar-refractivity contribution in [1.29, 1.82) is 5.26 Å². The number of rotatable bonds is 4. The van der Waals surface area contributed by atoms with Gasteiger partial charge in [0.15, 0.2) is 0 Å². The minimum atomic E-state index is -2.98. The van der Waals surface area contributed by atoms with E-state index in [1.807, 2.05) is 0 Å². The molecule has 1 aliphatic rings. The van der Waals surface area contributed by atoms with Crippen molar-refractivity contribution < 1.29 is 18.3 Å². The van der Waals surface area contributed by atoms with Crippen LogP contribution in [-0.4, -0.2) is 12.5 Å². The van der Waals surface area contributed by atoms with Crippen LogP contribution in [0.3, 0.4) is 0 Å². The van der Waals surface area contributed by atoms with Crippen molar-refractivity contribution in [2.24, 2.45) is 0 Å². The third-order valence-corrected chi connectivity index (χ3v) is 5.30. The summed E-state index contributed by atoms with van der Waals surface area (Å²) in [5.41, 5.74) is 1.15. The topological polar surface area (TPSA) is 62.1 Å². The minimum Gasteiger partial charge on any atom is -0.434 e. The molecule has 0 radical (unpaired) electrons. The first-order valence-electron chi connectivity index (χ1n) is 7.10. The fraction of sp³-hybridized carbons (Fsp3) is 0.250. The molecule has 0 bridgehead atoms. The highest BCUT2D eigenvalue weighted by Gasteiger charge is 2.23. The molecule has 2 aromatic rings. The number of nitrogens with zero attached hydrogens (tertiary/aromatic N) is 1. The summed E-state index contributed by atoms with van der Waals surface area (Å²) in [6, 6.07) is 6.69. The minimum absolute atomic E-state index is 0.0689. The SMILES string of the molecule is N#CC1=C(NC(=O)c2sc3cccc(OC(F)F)c3c2Cl)CCC1. The van der Waals surface area contributed by atoms with Gasteiger partial charge in [-0.05, 0) is 31.4 Å². The highest BCUT2D eigenvalue weighted by molar-refractivity contribution is 7.21. The van der Waals surface area contributed by atoms with E-state index in [2.05, 4.69) is 16.1 Å². The lowest BCUT2D eigenvalue weighted by molar-refractivity contribution is -0.0487. The van der Waals surface area contributed by atoms with Crippen LogP contribution in [0.25, 0.3) is 10.1 Å². The normalized spacial score (nSPS) is 14.3. The number of carbonyl (C=O) groups is 1. The molecule has 1 amide bonds. The summed E-state index contributed by atoms with van der Waals surface area (Å²) in [5, 5.41) is 12.1. The van der Waals surface area contributed by atoms with Crippen LogP contribution in [0.15, 0.2) is 29.5 Å². The van der Waals surface area contributed by atoms with Crippen molar-refractivity contribution in [3.05, 3.63) is 39.4 Å². The average Bonchev–Trinajstić information content (AvgIpc) is 3.11. The molecule has 1 aliphatic carbocycles. The Kier molecular flexibility index (Phi) is 4.69. The number of allylic oxidation sites excluding steroid dienone is 2. The van der Waals surface area contributed by atoms with Gasteiger partial charge in [-0.25, -0.2) is 0 Å². The predicted molar refractivity (Wildman–Crippen MR) is 87.4 cm³/mol. The Morgan fingerprint density at radius 3 is 2.92 bits per heavy atom. The maximum Gasteiger partial charge on any atom is 0.387 e. The third kappa shape index (κ3) is 3.07. The van der Waals surface area contributed by atoms with E-state index >= 15 is 0 Å². The van der Waals surface area contributed by atoms with E-state index in [0.29, 0.717) is 28.8 Å².